The fraction of sp³-hybridized carbons (Fsp3) is 0.562. The van der Waals surface area contributed by atoms with E-state index in [2.05, 4.69) is 0 Å². The number of allylic oxidation sites excluding steroid dienone is 4. The monoisotopic (exact) mass is 262 g/mol. The van der Waals surface area contributed by atoms with Crippen LogP contribution in [0.2, 0.25) is 0 Å². The zero-order valence-electron chi connectivity index (χ0n) is 12.1. The largest absolute Gasteiger partial charge is 0.340 e. The van der Waals surface area contributed by atoms with Crippen LogP contribution in [0.4, 0.5) is 0 Å². The molecule has 0 spiro atoms. The second kappa shape index (κ2) is 5.43. The van der Waals surface area contributed by atoms with Gasteiger partial charge in [-0.1, -0.05) is 23.8 Å². The van der Waals surface area contributed by atoms with Crippen LogP contribution in [0.25, 0.3) is 0 Å². The van der Waals surface area contributed by atoms with Gasteiger partial charge in [0.25, 0.3) is 0 Å². The molecule has 104 valence electrons. The average molecular weight is 262 g/mol. The summed E-state index contributed by atoms with van der Waals surface area (Å²) in [5.74, 6) is -0.377. The Morgan fingerprint density at radius 1 is 1.37 bits per heavy atom. The predicted molar refractivity (Wildman–Crippen MR) is 74.7 cm³/mol. The number of ether oxygens (including phenoxy) is 2. The van der Waals surface area contributed by atoms with Gasteiger partial charge in [-0.3, -0.25) is 4.79 Å². The van der Waals surface area contributed by atoms with E-state index in [1.165, 1.54) is 0 Å². The number of ketones is 1. The molecule has 0 amide bonds. The van der Waals surface area contributed by atoms with Crippen LogP contribution in [0.3, 0.4) is 0 Å². The van der Waals surface area contributed by atoms with Gasteiger partial charge in [-0.05, 0) is 45.8 Å². The normalized spacial score (nSPS) is 27.7. The molecule has 2 rings (SSSR count). The fourth-order valence-corrected chi connectivity index (χ4v) is 2.49. The van der Waals surface area contributed by atoms with Crippen LogP contribution >= 0.6 is 0 Å². The predicted octanol–water partition coefficient (Wildman–Crippen LogP) is 3.32. The third kappa shape index (κ3) is 3.64. The topological polar surface area (TPSA) is 35.5 Å². The lowest BCUT2D eigenvalue weighted by Gasteiger charge is -2.20. The maximum Gasteiger partial charge on any atom is 0.164 e. The van der Waals surface area contributed by atoms with Crippen molar-refractivity contribution in [3.63, 3.8) is 0 Å². The van der Waals surface area contributed by atoms with E-state index in [0.29, 0.717) is 6.42 Å². The Labute approximate surface area is 115 Å². The first-order chi connectivity index (χ1) is 8.87. The molecular formula is C16H22O3. The lowest BCUT2D eigenvalue weighted by molar-refractivity contribution is -0.139. The Hall–Kier alpha value is -1.19. The third-order valence-electron chi connectivity index (χ3n) is 3.22. The molecule has 0 aromatic heterocycles. The Balaban J connectivity index is 1.98. The van der Waals surface area contributed by atoms with Gasteiger partial charge in [0.15, 0.2) is 11.6 Å². The molecule has 19 heavy (non-hydrogen) atoms. The number of fused-ring (bicyclic) bond motifs is 1. The molecule has 0 radical (unpaired) electrons. The summed E-state index contributed by atoms with van der Waals surface area (Å²) < 4.78 is 11.7. The second-order valence-electron chi connectivity index (χ2n) is 5.84. The van der Waals surface area contributed by atoms with Crippen molar-refractivity contribution in [3.05, 3.63) is 35.5 Å². The van der Waals surface area contributed by atoms with Gasteiger partial charge < -0.3 is 9.47 Å². The van der Waals surface area contributed by atoms with E-state index in [-0.39, 0.29) is 18.0 Å². The summed E-state index contributed by atoms with van der Waals surface area (Å²) in [5, 5.41) is 0. The highest BCUT2D eigenvalue weighted by molar-refractivity contribution is 5.90. The van der Waals surface area contributed by atoms with Crippen LogP contribution in [-0.2, 0) is 14.3 Å². The summed E-state index contributed by atoms with van der Waals surface area (Å²) in [7, 11) is 0. The average Bonchev–Trinajstić information content (AvgIpc) is 2.59. The van der Waals surface area contributed by atoms with Gasteiger partial charge in [0.05, 0.1) is 0 Å². The van der Waals surface area contributed by atoms with Crippen LogP contribution in [0.15, 0.2) is 35.5 Å². The molecule has 0 aromatic rings. The van der Waals surface area contributed by atoms with Gasteiger partial charge in [0.1, 0.15) is 12.2 Å². The van der Waals surface area contributed by atoms with Crippen LogP contribution in [0.1, 0.15) is 40.5 Å². The smallest absolute Gasteiger partial charge is 0.164 e. The van der Waals surface area contributed by atoms with E-state index in [1.807, 2.05) is 45.9 Å². The quantitative estimate of drug-likeness (QED) is 0.729. The number of hydrogen-bond acceptors (Lipinski definition) is 3. The van der Waals surface area contributed by atoms with E-state index in [0.717, 1.165) is 17.6 Å². The van der Waals surface area contributed by atoms with E-state index in [9.17, 15) is 4.79 Å². The van der Waals surface area contributed by atoms with Crippen molar-refractivity contribution in [2.75, 3.05) is 0 Å². The van der Waals surface area contributed by atoms with Gasteiger partial charge in [0, 0.05) is 6.42 Å². The Morgan fingerprint density at radius 2 is 2.11 bits per heavy atom. The SMILES string of the molecule is CC(C)=CC(=O)CCC1=CC=C[C@@H]2OC(C)(C)O[C@H]12. The summed E-state index contributed by atoms with van der Waals surface area (Å²) in [6.45, 7) is 7.72. The van der Waals surface area contributed by atoms with Crippen molar-refractivity contribution in [1.82, 2.24) is 0 Å². The highest BCUT2D eigenvalue weighted by atomic mass is 16.7. The zero-order chi connectivity index (χ0) is 14.0. The van der Waals surface area contributed by atoms with Gasteiger partial charge in [0.2, 0.25) is 0 Å². The minimum atomic E-state index is -0.549. The van der Waals surface area contributed by atoms with E-state index in [1.54, 1.807) is 6.08 Å². The Kier molecular flexibility index (Phi) is 4.07. The summed E-state index contributed by atoms with van der Waals surface area (Å²) >= 11 is 0. The van der Waals surface area contributed by atoms with Crippen molar-refractivity contribution in [2.24, 2.45) is 0 Å². The van der Waals surface area contributed by atoms with Gasteiger partial charge in [-0.15, -0.1) is 0 Å². The van der Waals surface area contributed by atoms with Crippen molar-refractivity contribution in [2.45, 2.75) is 58.5 Å². The number of carbonyl (C=O) groups is 1. The summed E-state index contributed by atoms with van der Waals surface area (Å²) in [6.07, 6.45) is 8.95. The molecule has 1 fully saturated rings. The van der Waals surface area contributed by atoms with Crippen LogP contribution in [-0.4, -0.2) is 23.8 Å². The lowest BCUT2D eigenvalue weighted by atomic mass is 9.94. The Bertz CT molecular complexity index is 451. The molecule has 1 aliphatic carbocycles. The molecule has 3 heteroatoms. The number of rotatable bonds is 4. The molecule has 0 unspecified atom stereocenters. The molecule has 1 aliphatic heterocycles. The van der Waals surface area contributed by atoms with Gasteiger partial charge in [-0.2, -0.15) is 0 Å². The van der Waals surface area contributed by atoms with Crippen molar-refractivity contribution >= 4 is 5.78 Å². The minimum Gasteiger partial charge on any atom is -0.340 e. The minimum absolute atomic E-state index is 0.0199. The molecule has 0 bridgehead atoms. The van der Waals surface area contributed by atoms with E-state index in [4.69, 9.17) is 9.47 Å². The third-order valence-corrected chi connectivity index (χ3v) is 3.22. The van der Waals surface area contributed by atoms with Crippen LogP contribution in [0.5, 0.6) is 0 Å². The van der Waals surface area contributed by atoms with E-state index >= 15 is 0 Å². The molecule has 2 atom stereocenters. The molecule has 0 saturated carbocycles. The van der Waals surface area contributed by atoms with Crippen molar-refractivity contribution in [1.29, 1.82) is 0 Å². The maximum atomic E-state index is 11.7. The van der Waals surface area contributed by atoms with Crippen molar-refractivity contribution in [3.8, 4) is 0 Å². The molecular weight excluding hydrogens is 240 g/mol. The first kappa shape index (κ1) is 14.2. The van der Waals surface area contributed by atoms with Gasteiger partial charge in [-0.25, -0.2) is 0 Å². The summed E-state index contributed by atoms with van der Waals surface area (Å²) in [5.41, 5.74) is 2.19. The van der Waals surface area contributed by atoms with Crippen LogP contribution in [0, 0.1) is 0 Å². The van der Waals surface area contributed by atoms with E-state index < -0.39 is 5.79 Å². The van der Waals surface area contributed by atoms with Crippen LogP contribution < -0.4 is 0 Å². The fourth-order valence-electron chi connectivity index (χ4n) is 2.49. The zero-order valence-corrected chi connectivity index (χ0v) is 12.1. The van der Waals surface area contributed by atoms with Gasteiger partial charge >= 0.3 is 0 Å². The maximum absolute atomic E-state index is 11.7. The standard InChI is InChI=1S/C16H22O3/c1-11(2)10-13(17)9-8-12-6-5-7-14-15(12)19-16(3,4)18-14/h5-7,10,14-15H,8-9H2,1-4H3/t14-,15+/m0/s1. The molecule has 2 aliphatic rings. The highest BCUT2D eigenvalue weighted by Gasteiger charge is 2.42. The molecule has 1 saturated heterocycles. The molecule has 0 aromatic carbocycles. The molecule has 3 nitrogen and oxygen atoms in total. The molecule has 1 heterocycles. The highest BCUT2D eigenvalue weighted by Crippen LogP contribution is 2.36. The summed E-state index contributed by atoms with van der Waals surface area (Å²) in [6, 6.07) is 0. The number of hydrogen-bond donors (Lipinski definition) is 0. The molecule has 0 N–H and O–H groups in total. The van der Waals surface area contributed by atoms with Crippen molar-refractivity contribution < 1.29 is 14.3 Å². The lowest BCUT2D eigenvalue weighted by Crippen LogP contribution is -2.25. The second-order valence-corrected chi connectivity index (χ2v) is 5.84. The Morgan fingerprint density at radius 3 is 2.79 bits per heavy atom. The summed E-state index contributed by atoms with van der Waals surface area (Å²) in [4.78, 5) is 11.7. The number of carbonyl (C=O) groups excluding carboxylic acids is 1. The first-order valence-corrected chi connectivity index (χ1v) is 6.78. The first-order valence-electron chi connectivity index (χ1n) is 6.78.